The molecule has 1 aliphatic carbocycles. The second-order valence-corrected chi connectivity index (χ2v) is 8.70. The number of benzene rings is 2. The molecule has 4 rings (SSSR count). The molecule has 0 saturated heterocycles. The number of methoxy groups -OCH3 is 1. The van der Waals surface area contributed by atoms with Gasteiger partial charge in [-0.05, 0) is 61.4 Å². The smallest absolute Gasteiger partial charge is 0.278 e. The lowest BCUT2D eigenvalue weighted by Crippen LogP contribution is -2.93. The molecule has 0 aromatic heterocycles. The molecule has 0 radical (unpaired) electrons. The maximum absolute atomic E-state index is 12.7. The summed E-state index contributed by atoms with van der Waals surface area (Å²) in [4.78, 5) is 25.2. The molecule has 2 amide bonds. The van der Waals surface area contributed by atoms with E-state index in [1.807, 2.05) is 30.3 Å². The third-order valence-electron chi connectivity index (χ3n) is 6.66. The van der Waals surface area contributed by atoms with Crippen molar-refractivity contribution in [1.29, 1.82) is 0 Å². The van der Waals surface area contributed by atoms with E-state index in [0.717, 1.165) is 50.1 Å². The average Bonchev–Trinajstić information content (AvgIpc) is 2.83. The molecule has 0 unspecified atom stereocenters. The van der Waals surface area contributed by atoms with E-state index in [1.165, 1.54) is 11.1 Å². The minimum Gasteiger partial charge on any atom is -0.497 e. The maximum Gasteiger partial charge on any atom is 0.278 e. The number of carbonyl (C=O) groups excluding carboxylic acids is 2. The van der Waals surface area contributed by atoms with Crippen molar-refractivity contribution in [3.8, 4) is 5.75 Å². The van der Waals surface area contributed by atoms with Crippen LogP contribution in [0.25, 0.3) is 0 Å². The second kappa shape index (κ2) is 9.96. The first-order valence-corrected chi connectivity index (χ1v) is 11.2. The van der Waals surface area contributed by atoms with Crippen LogP contribution in [0.2, 0.25) is 0 Å². The first-order chi connectivity index (χ1) is 15.1. The van der Waals surface area contributed by atoms with Gasteiger partial charge < -0.3 is 20.7 Å². The summed E-state index contributed by atoms with van der Waals surface area (Å²) >= 11 is 0. The Morgan fingerprint density at radius 3 is 2.39 bits per heavy atom. The van der Waals surface area contributed by atoms with Gasteiger partial charge in [0.25, 0.3) is 5.91 Å². The van der Waals surface area contributed by atoms with E-state index >= 15 is 0 Å². The Morgan fingerprint density at radius 1 is 0.968 bits per heavy atom. The summed E-state index contributed by atoms with van der Waals surface area (Å²) < 4.78 is 5.15. The van der Waals surface area contributed by atoms with Crippen molar-refractivity contribution in [1.82, 2.24) is 5.32 Å². The Bertz CT molecular complexity index is 904. The quantitative estimate of drug-likeness (QED) is 0.668. The third-order valence-corrected chi connectivity index (χ3v) is 6.66. The number of amides is 2. The zero-order valence-electron chi connectivity index (χ0n) is 18.1. The van der Waals surface area contributed by atoms with Crippen LogP contribution in [0.15, 0.2) is 48.5 Å². The summed E-state index contributed by atoms with van der Waals surface area (Å²) in [5.41, 5.74) is 3.41. The Balaban J connectivity index is 1.19. The monoisotopic (exact) mass is 422 g/mol. The lowest BCUT2D eigenvalue weighted by Gasteiger charge is -2.28. The van der Waals surface area contributed by atoms with Gasteiger partial charge in [0.1, 0.15) is 12.3 Å². The zero-order valence-corrected chi connectivity index (χ0v) is 18.1. The Kier molecular flexibility index (Phi) is 6.87. The fourth-order valence-corrected chi connectivity index (χ4v) is 4.67. The van der Waals surface area contributed by atoms with Crippen molar-refractivity contribution in [3.05, 3.63) is 59.7 Å². The lowest BCUT2D eigenvalue weighted by atomic mass is 9.81. The molecule has 0 spiro atoms. The summed E-state index contributed by atoms with van der Waals surface area (Å²) in [6.07, 6.45) is 4.47. The molecule has 1 saturated carbocycles. The lowest BCUT2D eigenvalue weighted by molar-refractivity contribution is -0.695. The largest absolute Gasteiger partial charge is 0.497 e. The molecule has 4 N–H and O–H groups in total. The van der Waals surface area contributed by atoms with Crippen LogP contribution in [0.1, 0.15) is 36.8 Å². The summed E-state index contributed by atoms with van der Waals surface area (Å²) in [7, 11) is 1.63. The molecule has 1 aliphatic heterocycles. The van der Waals surface area contributed by atoms with Gasteiger partial charge in [-0.1, -0.05) is 24.3 Å². The van der Waals surface area contributed by atoms with Crippen molar-refractivity contribution in [2.75, 3.05) is 19.0 Å². The maximum atomic E-state index is 12.7. The molecule has 2 aromatic carbocycles. The molecular formula is C25H32N3O3+. The van der Waals surface area contributed by atoms with Crippen LogP contribution < -0.4 is 20.7 Å². The number of fused-ring (bicyclic) bond motifs is 1. The van der Waals surface area contributed by atoms with Crippen molar-refractivity contribution in [3.63, 3.8) is 0 Å². The van der Waals surface area contributed by atoms with Gasteiger partial charge in [-0.3, -0.25) is 9.59 Å². The fourth-order valence-electron chi connectivity index (χ4n) is 4.67. The molecule has 0 bridgehead atoms. The summed E-state index contributed by atoms with van der Waals surface area (Å²) in [5.74, 6) is 1.48. The van der Waals surface area contributed by atoms with Crippen LogP contribution in [0.4, 0.5) is 5.69 Å². The minimum atomic E-state index is -0.0403. The predicted molar refractivity (Wildman–Crippen MR) is 120 cm³/mol. The topological polar surface area (TPSA) is 84.0 Å². The van der Waals surface area contributed by atoms with Crippen molar-refractivity contribution in [2.24, 2.45) is 11.8 Å². The number of nitrogens with one attached hydrogen (secondary N) is 2. The molecule has 2 aromatic rings. The van der Waals surface area contributed by atoms with Gasteiger partial charge in [-0.2, -0.15) is 0 Å². The molecular weight excluding hydrogens is 390 g/mol. The van der Waals surface area contributed by atoms with Gasteiger partial charge in [-0.15, -0.1) is 0 Å². The first-order valence-electron chi connectivity index (χ1n) is 11.2. The van der Waals surface area contributed by atoms with Crippen LogP contribution in [0.3, 0.4) is 0 Å². The van der Waals surface area contributed by atoms with Crippen molar-refractivity contribution >= 4 is 17.5 Å². The molecule has 2 aliphatic rings. The van der Waals surface area contributed by atoms with Gasteiger partial charge in [-0.25, -0.2) is 0 Å². The normalized spacial score (nSPS) is 22.8. The van der Waals surface area contributed by atoms with E-state index < -0.39 is 0 Å². The zero-order chi connectivity index (χ0) is 21.6. The number of quaternary nitrogens is 1. The van der Waals surface area contributed by atoms with E-state index in [1.54, 1.807) is 7.11 Å². The van der Waals surface area contributed by atoms with Crippen LogP contribution in [0, 0.1) is 11.8 Å². The summed E-state index contributed by atoms with van der Waals surface area (Å²) in [6, 6.07) is 15.7. The number of ether oxygens (including phenoxy) is 1. The van der Waals surface area contributed by atoms with Gasteiger partial charge in [0.05, 0.1) is 7.11 Å². The average molecular weight is 423 g/mol. The van der Waals surface area contributed by atoms with E-state index in [2.05, 4.69) is 34.1 Å². The van der Waals surface area contributed by atoms with Crippen LogP contribution in [0.5, 0.6) is 5.75 Å². The van der Waals surface area contributed by atoms with E-state index in [9.17, 15) is 9.59 Å². The molecule has 1 heterocycles. The minimum absolute atomic E-state index is 0.0391. The standard InChI is InChI=1S/C25H31N3O3/c1-31-22-12-10-21(11-13-22)28-24(29)18-8-6-17(7-9-18)15-27-25(30)23-14-19-4-2-3-5-20(19)16-26-23/h2-5,10-13,17-18,23,26H,6-9,14-16H2,1H3,(H,27,30)(H,28,29)/p+1/t17?,18?,23-/m0/s1. The second-order valence-electron chi connectivity index (χ2n) is 8.70. The van der Waals surface area contributed by atoms with Crippen molar-refractivity contribution < 1.29 is 19.6 Å². The van der Waals surface area contributed by atoms with Gasteiger partial charge in [0, 0.05) is 30.1 Å². The number of rotatable bonds is 6. The molecule has 6 nitrogen and oxygen atoms in total. The number of hydrogen-bond acceptors (Lipinski definition) is 3. The van der Waals surface area contributed by atoms with Gasteiger partial charge in [0.15, 0.2) is 6.04 Å². The highest BCUT2D eigenvalue weighted by molar-refractivity contribution is 5.92. The molecule has 31 heavy (non-hydrogen) atoms. The third kappa shape index (κ3) is 5.44. The number of anilines is 1. The Hall–Kier alpha value is -2.86. The van der Waals surface area contributed by atoms with E-state index in [0.29, 0.717) is 12.5 Å². The molecule has 1 fully saturated rings. The summed E-state index contributed by atoms with van der Waals surface area (Å²) in [6.45, 7) is 1.57. The van der Waals surface area contributed by atoms with Crippen LogP contribution in [-0.4, -0.2) is 31.5 Å². The highest BCUT2D eigenvalue weighted by Gasteiger charge is 2.30. The van der Waals surface area contributed by atoms with E-state index in [-0.39, 0.29) is 23.8 Å². The first kappa shape index (κ1) is 21.4. The SMILES string of the molecule is COc1ccc(NC(=O)C2CCC(CNC(=O)[C@@H]3Cc4ccccc4C[NH2+]3)CC2)cc1. The molecule has 164 valence electrons. The van der Waals surface area contributed by atoms with E-state index in [4.69, 9.17) is 4.74 Å². The van der Waals surface area contributed by atoms with Gasteiger partial charge in [0.2, 0.25) is 5.91 Å². The fraction of sp³-hybridized carbons (Fsp3) is 0.440. The highest BCUT2D eigenvalue weighted by atomic mass is 16.5. The number of nitrogens with two attached hydrogens (primary N) is 1. The number of carbonyl (C=O) groups is 2. The molecule has 6 heteroatoms. The Morgan fingerprint density at radius 2 is 1.68 bits per heavy atom. The van der Waals surface area contributed by atoms with Gasteiger partial charge >= 0.3 is 0 Å². The van der Waals surface area contributed by atoms with Crippen molar-refractivity contribution in [2.45, 2.75) is 44.7 Å². The Labute approximate surface area is 183 Å². The van der Waals surface area contributed by atoms with Crippen LogP contribution >= 0.6 is 0 Å². The highest BCUT2D eigenvalue weighted by Crippen LogP contribution is 2.29. The predicted octanol–water partition coefficient (Wildman–Crippen LogP) is 2.24. The molecule has 1 atom stereocenters. The van der Waals surface area contributed by atoms with Crippen LogP contribution in [-0.2, 0) is 22.6 Å². The number of hydrogen-bond donors (Lipinski definition) is 3. The summed E-state index contributed by atoms with van der Waals surface area (Å²) in [5, 5.41) is 8.31.